The van der Waals surface area contributed by atoms with Crippen molar-refractivity contribution in [2.24, 2.45) is 0 Å². The molecule has 0 aromatic heterocycles. The Labute approximate surface area is 47.5 Å². The van der Waals surface area contributed by atoms with Crippen LogP contribution in [0.4, 0.5) is 8.78 Å². The molecule has 0 aromatic rings. The Kier molecular flexibility index (Phi) is 2.38. The van der Waals surface area contributed by atoms with Crippen molar-refractivity contribution in [1.29, 1.82) is 0 Å². The number of rotatable bonds is 2. The summed E-state index contributed by atoms with van der Waals surface area (Å²) in [5.74, 6) is 0. The molecular weight excluding hydrogens is 110 g/mol. The van der Waals surface area contributed by atoms with Gasteiger partial charge in [-0.1, -0.05) is 18.7 Å². The first kappa shape index (κ1) is 7.34. The highest BCUT2D eigenvalue weighted by molar-refractivity contribution is 5.24. The van der Waals surface area contributed by atoms with E-state index in [0.717, 1.165) is 0 Å². The van der Waals surface area contributed by atoms with Crippen molar-refractivity contribution in [1.82, 2.24) is 0 Å². The highest BCUT2D eigenvalue weighted by Gasteiger charge is 2.06. The molecule has 46 valence electrons. The zero-order valence-electron chi connectivity index (χ0n) is 4.75. The number of hydrogen-bond acceptors (Lipinski definition) is 0. The predicted molar refractivity (Wildman–Crippen MR) is 30.0 cm³/mol. The average molecular weight is 118 g/mol. The predicted octanol–water partition coefficient (Wildman–Crippen LogP) is 2.38. The van der Waals surface area contributed by atoms with Crippen LogP contribution < -0.4 is 0 Å². The van der Waals surface area contributed by atoms with Crippen molar-refractivity contribution < 1.29 is 8.78 Å². The molecule has 0 saturated carbocycles. The number of halogens is 2. The molecule has 0 amide bonds. The molecule has 0 aliphatic carbocycles. The molecule has 0 aliphatic rings. The van der Waals surface area contributed by atoms with Gasteiger partial charge in [0.05, 0.1) is 0 Å². The van der Waals surface area contributed by atoms with Crippen LogP contribution in [0.25, 0.3) is 0 Å². The van der Waals surface area contributed by atoms with Gasteiger partial charge in [0, 0.05) is 5.57 Å². The van der Waals surface area contributed by atoms with Crippen molar-refractivity contribution in [2.45, 2.75) is 13.3 Å². The van der Waals surface area contributed by atoms with Crippen LogP contribution in [0.3, 0.4) is 0 Å². The second kappa shape index (κ2) is 2.60. The molecule has 0 unspecified atom stereocenters. The third-order valence-electron chi connectivity index (χ3n) is 0.812. The molecule has 8 heavy (non-hydrogen) atoms. The minimum atomic E-state index is -2.45. The fraction of sp³-hybridized carbons (Fsp3) is 0.333. The summed E-state index contributed by atoms with van der Waals surface area (Å²) in [4.78, 5) is 0. The number of hydrogen-bond donors (Lipinski definition) is 0. The second-order valence-electron chi connectivity index (χ2n) is 1.61. The van der Waals surface area contributed by atoms with Crippen molar-refractivity contribution >= 4 is 0 Å². The highest BCUT2D eigenvalue weighted by Crippen LogP contribution is 2.12. The molecule has 2 heteroatoms. The molecular formula is C6H8F2. The molecule has 0 radical (unpaired) electrons. The van der Waals surface area contributed by atoms with Gasteiger partial charge in [-0.15, -0.1) is 0 Å². The topological polar surface area (TPSA) is 0 Å². The molecule has 0 fully saturated rings. The fourth-order valence-electron chi connectivity index (χ4n) is 0.186. The van der Waals surface area contributed by atoms with Crippen molar-refractivity contribution in [2.75, 3.05) is 0 Å². The van der Waals surface area contributed by atoms with Crippen molar-refractivity contribution in [3.8, 4) is 0 Å². The van der Waals surface area contributed by atoms with Gasteiger partial charge < -0.3 is 0 Å². The van der Waals surface area contributed by atoms with E-state index >= 15 is 0 Å². The monoisotopic (exact) mass is 118 g/mol. The molecule has 0 spiro atoms. The van der Waals surface area contributed by atoms with E-state index in [2.05, 4.69) is 13.2 Å². The quantitative estimate of drug-likeness (QED) is 0.488. The van der Waals surface area contributed by atoms with E-state index in [9.17, 15) is 8.78 Å². The molecule has 0 bridgehead atoms. The van der Waals surface area contributed by atoms with E-state index in [0.29, 0.717) is 5.57 Å². The van der Waals surface area contributed by atoms with E-state index in [1.807, 2.05) is 0 Å². The van der Waals surface area contributed by atoms with Gasteiger partial charge >= 0.3 is 0 Å². The molecule has 0 saturated heterocycles. The molecule has 0 heterocycles. The largest absolute Gasteiger partial charge is 0.263 e. The maximum Gasteiger partial charge on any atom is 0.263 e. The average Bonchev–Trinajstić information content (AvgIpc) is 1.64. The van der Waals surface area contributed by atoms with Gasteiger partial charge in [-0.2, -0.15) is 0 Å². The summed E-state index contributed by atoms with van der Waals surface area (Å²) in [6.45, 7) is 7.91. The Hall–Kier alpha value is -0.660. The summed E-state index contributed by atoms with van der Waals surface area (Å²) in [6.07, 6.45) is -2.45. The molecule has 0 aromatic carbocycles. The first-order valence-electron chi connectivity index (χ1n) is 2.18. The van der Waals surface area contributed by atoms with Crippen LogP contribution in [0.1, 0.15) is 6.92 Å². The van der Waals surface area contributed by atoms with E-state index in [-0.39, 0.29) is 5.57 Å². The summed E-state index contributed by atoms with van der Waals surface area (Å²) >= 11 is 0. The lowest BCUT2D eigenvalue weighted by atomic mass is 10.2. The van der Waals surface area contributed by atoms with Crippen LogP contribution in [0.15, 0.2) is 24.3 Å². The fourth-order valence-corrected chi connectivity index (χ4v) is 0.186. The molecule has 0 N–H and O–H groups in total. The molecule has 0 aliphatic heterocycles. The molecule has 0 rings (SSSR count). The van der Waals surface area contributed by atoms with Gasteiger partial charge in [0.15, 0.2) is 0 Å². The maximum absolute atomic E-state index is 11.5. The number of allylic oxidation sites excluding steroid dienone is 2. The van der Waals surface area contributed by atoms with Crippen LogP contribution in [-0.4, -0.2) is 6.43 Å². The Morgan fingerprint density at radius 1 is 1.38 bits per heavy atom. The minimum absolute atomic E-state index is 0.176. The van der Waals surface area contributed by atoms with Crippen molar-refractivity contribution in [3.05, 3.63) is 24.3 Å². The summed E-state index contributed by atoms with van der Waals surface area (Å²) in [5.41, 5.74) is 0.171. The Bertz CT molecular complexity index is 114. The summed E-state index contributed by atoms with van der Waals surface area (Å²) in [5, 5.41) is 0. The van der Waals surface area contributed by atoms with Crippen LogP contribution in [0.2, 0.25) is 0 Å². The van der Waals surface area contributed by atoms with Gasteiger partial charge in [-0.25, -0.2) is 8.78 Å². The van der Waals surface area contributed by atoms with Crippen LogP contribution in [0.5, 0.6) is 0 Å². The highest BCUT2D eigenvalue weighted by atomic mass is 19.3. The normalized spacial score (nSPS) is 9.50. The van der Waals surface area contributed by atoms with Gasteiger partial charge in [0.25, 0.3) is 6.43 Å². The number of alkyl halides is 2. The first-order valence-corrected chi connectivity index (χ1v) is 2.18. The summed E-state index contributed by atoms with van der Waals surface area (Å²) in [6, 6.07) is 0. The summed E-state index contributed by atoms with van der Waals surface area (Å²) < 4.78 is 23.0. The molecule has 0 atom stereocenters. The zero-order chi connectivity index (χ0) is 6.73. The van der Waals surface area contributed by atoms with Gasteiger partial charge in [-0.3, -0.25) is 0 Å². The Morgan fingerprint density at radius 3 is 1.75 bits per heavy atom. The Morgan fingerprint density at radius 2 is 1.75 bits per heavy atom. The van der Waals surface area contributed by atoms with Crippen LogP contribution in [-0.2, 0) is 0 Å². The van der Waals surface area contributed by atoms with Crippen LogP contribution >= 0.6 is 0 Å². The van der Waals surface area contributed by atoms with E-state index < -0.39 is 6.43 Å². The van der Waals surface area contributed by atoms with E-state index in [1.54, 1.807) is 0 Å². The van der Waals surface area contributed by atoms with E-state index in [1.165, 1.54) is 6.92 Å². The van der Waals surface area contributed by atoms with Gasteiger partial charge in [0.1, 0.15) is 0 Å². The second-order valence-corrected chi connectivity index (χ2v) is 1.61. The zero-order valence-corrected chi connectivity index (χ0v) is 4.75. The van der Waals surface area contributed by atoms with Gasteiger partial charge in [0.2, 0.25) is 0 Å². The Balaban J connectivity index is 3.84. The first-order chi connectivity index (χ1) is 3.55. The third kappa shape index (κ3) is 1.87. The molecule has 0 nitrogen and oxygen atoms in total. The lowest BCUT2D eigenvalue weighted by Gasteiger charge is -1.99. The van der Waals surface area contributed by atoms with Crippen molar-refractivity contribution in [3.63, 3.8) is 0 Å². The smallest absolute Gasteiger partial charge is 0.205 e. The standard InChI is InChI=1S/C6H8F2/c1-4(2)5(3)6(7)8/h6H,1,3H2,2H3. The van der Waals surface area contributed by atoms with Gasteiger partial charge in [-0.05, 0) is 6.92 Å². The van der Waals surface area contributed by atoms with E-state index in [4.69, 9.17) is 0 Å². The van der Waals surface area contributed by atoms with Crippen LogP contribution in [0, 0.1) is 0 Å². The maximum atomic E-state index is 11.5. The lowest BCUT2D eigenvalue weighted by molar-refractivity contribution is 0.193. The SMILES string of the molecule is C=C(C)C(=C)C(F)F. The minimum Gasteiger partial charge on any atom is -0.205 e. The summed E-state index contributed by atoms with van der Waals surface area (Å²) in [7, 11) is 0. The lowest BCUT2D eigenvalue weighted by Crippen LogP contribution is -1.94. The third-order valence-corrected chi connectivity index (χ3v) is 0.812.